The average Bonchev–Trinajstić information content (AvgIpc) is 3.11. The first-order valence-corrected chi connectivity index (χ1v) is 7.78. The standard InChI is InChI=1S/C19H17N3O2/c1-11-8-9-14(23)13(10-11)16-15-17(21-20-16)19(24)22(2)18(15)12-6-4-3-5-7-12/h3-10,18,23H,1-2H3,(H,20,21). The molecule has 1 aliphatic heterocycles. The molecule has 1 aliphatic rings. The molecule has 5 nitrogen and oxygen atoms in total. The van der Waals surface area contributed by atoms with Crippen molar-refractivity contribution in [2.45, 2.75) is 13.0 Å². The fourth-order valence-electron chi connectivity index (χ4n) is 3.34. The molecule has 0 bridgehead atoms. The number of aromatic amines is 1. The summed E-state index contributed by atoms with van der Waals surface area (Å²) in [6.07, 6.45) is 0. The van der Waals surface area contributed by atoms with Crippen LogP contribution in [0.3, 0.4) is 0 Å². The number of fused-ring (bicyclic) bond motifs is 1. The number of amides is 1. The van der Waals surface area contributed by atoms with Crippen LogP contribution in [-0.2, 0) is 0 Å². The highest BCUT2D eigenvalue weighted by atomic mass is 16.3. The van der Waals surface area contributed by atoms with Gasteiger partial charge in [0.25, 0.3) is 5.91 Å². The molecule has 4 rings (SSSR count). The molecule has 0 fully saturated rings. The highest BCUT2D eigenvalue weighted by Crippen LogP contribution is 2.43. The predicted molar refractivity (Wildman–Crippen MR) is 90.8 cm³/mol. The van der Waals surface area contributed by atoms with Gasteiger partial charge >= 0.3 is 0 Å². The highest BCUT2D eigenvalue weighted by Gasteiger charge is 2.40. The first-order chi connectivity index (χ1) is 11.6. The van der Waals surface area contributed by atoms with E-state index in [9.17, 15) is 9.90 Å². The molecule has 0 saturated heterocycles. The predicted octanol–water partition coefficient (Wildman–Crippen LogP) is 3.27. The van der Waals surface area contributed by atoms with E-state index in [1.54, 1.807) is 18.0 Å². The Morgan fingerprint density at radius 3 is 2.67 bits per heavy atom. The van der Waals surface area contributed by atoms with Crippen LogP contribution in [0, 0.1) is 6.92 Å². The summed E-state index contributed by atoms with van der Waals surface area (Å²) in [7, 11) is 1.79. The van der Waals surface area contributed by atoms with Crippen molar-refractivity contribution in [1.29, 1.82) is 0 Å². The first-order valence-electron chi connectivity index (χ1n) is 7.78. The number of H-pyrrole nitrogens is 1. The molecule has 0 spiro atoms. The Morgan fingerprint density at radius 1 is 1.17 bits per heavy atom. The van der Waals surface area contributed by atoms with Crippen LogP contribution >= 0.6 is 0 Å². The second kappa shape index (κ2) is 5.23. The highest BCUT2D eigenvalue weighted by molar-refractivity contribution is 6.00. The van der Waals surface area contributed by atoms with Crippen LogP contribution in [0.25, 0.3) is 11.3 Å². The molecule has 24 heavy (non-hydrogen) atoms. The summed E-state index contributed by atoms with van der Waals surface area (Å²) in [6.45, 7) is 1.96. The normalized spacial score (nSPS) is 16.5. The average molecular weight is 319 g/mol. The second-order valence-corrected chi connectivity index (χ2v) is 6.11. The van der Waals surface area contributed by atoms with Crippen molar-refractivity contribution in [3.05, 3.63) is 70.9 Å². The number of phenolic OH excluding ortho intramolecular Hbond substituents is 1. The van der Waals surface area contributed by atoms with Crippen LogP contribution in [-0.4, -0.2) is 33.2 Å². The van der Waals surface area contributed by atoms with Gasteiger partial charge < -0.3 is 10.0 Å². The van der Waals surface area contributed by atoms with Gasteiger partial charge in [0.2, 0.25) is 0 Å². The van der Waals surface area contributed by atoms with Crippen molar-refractivity contribution in [2.75, 3.05) is 7.05 Å². The number of carbonyl (C=O) groups excluding carboxylic acids is 1. The third-order valence-corrected chi connectivity index (χ3v) is 4.52. The van der Waals surface area contributed by atoms with Crippen molar-refractivity contribution in [3.63, 3.8) is 0 Å². The van der Waals surface area contributed by atoms with E-state index >= 15 is 0 Å². The van der Waals surface area contributed by atoms with Crippen LogP contribution in [0.5, 0.6) is 5.75 Å². The summed E-state index contributed by atoms with van der Waals surface area (Å²) in [6, 6.07) is 15.0. The molecule has 120 valence electrons. The van der Waals surface area contributed by atoms with Crippen molar-refractivity contribution in [1.82, 2.24) is 15.1 Å². The van der Waals surface area contributed by atoms with Crippen molar-refractivity contribution in [2.24, 2.45) is 0 Å². The van der Waals surface area contributed by atoms with E-state index in [1.165, 1.54) is 0 Å². The number of hydrogen-bond donors (Lipinski definition) is 2. The van der Waals surface area contributed by atoms with Gasteiger partial charge in [0.05, 0.1) is 6.04 Å². The van der Waals surface area contributed by atoms with E-state index in [0.717, 1.165) is 16.7 Å². The van der Waals surface area contributed by atoms with Crippen molar-refractivity contribution >= 4 is 5.91 Å². The lowest BCUT2D eigenvalue weighted by molar-refractivity contribution is 0.0788. The van der Waals surface area contributed by atoms with Gasteiger partial charge in [-0.25, -0.2) is 0 Å². The summed E-state index contributed by atoms with van der Waals surface area (Å²) >= 11 is 0. The zero-order valence-corrected chi connectivity index (χ0v) is 13.4. The molecule has 2 N–H and O–H groups in total. The molecule has 0 radical (unpaired) electrons. The fourth-order valence-corrected chi connectivity index (χ4v) is 3.34. The Balaban J connectivity index is 1.95. The van der Waals surface area contributed by atoms with E-state index in [0.29, 0.717) is 17.0 Å². The van der Waals surface area contributed by atoms with E-state index in [-0.39, 0.29) is 17.7 Å². The summed E-state index contributed by atoms with van der Waals surface area (Å²) in [5.41, 5.74) is 4.60. The molecule has 1 unspecified atom stereocenters. The van der Waals surface area contributed by atoms with Gasteiger partial charge in [-0.3, -0.25) is 9.89 Å². The molecule has 2 aromatic carbocycles. The van der Waals surface area contributed by atoms with Gasteiger partial charge in [0.15, 0.2) is 0 Å². The van der Waals surface area contributed by atoms with E-state index in [2.05, 4.69) is 10.2 Å². The number of aromatic hydroxyl groups is 1. The molecule has 1 amide bonds. The van der Waals surface area contributed by atoms with Gasteiger partial charge in [-0.15, -0.1) is 0 Å². The number of rotatable bonds is 2. The van der Waals surface area contributed by atoms with Gasteiger partial charge in [-0.1, -0.05) is 42.0 Å². The molecular formula is C19H17N3O2. The first kappa shape index (κ1) is 14.5. The zero-order valence-electron chi connectivity index (χ0n) is 13.4. The summed E-state index contributed by atoms with van der Waals surface area (Å²) < 4.78 is 0. The zero-order chi connectivity index (χ0) is 16.8. The Morgan fingerprint density at radius 2 is 1.92 bits per heavy atom. The third kappa shape index (κ3) is 2.01. The summed E-state index contributed by atoms with van der Waals surface area (Å²) in [5.74, 6) is 0.0634. The molecule has 1 aromatic heterocycles. The topological polar surface area (TPSA) is 69.2 Å². The quantitative estimate of drug-likeness (QED) is 0.761. The van der Waals surface area contributed by atoms with Gasteiger partial charge in [-0.05, 0) is 24.6 Å². The molecule has 1 atom stereocenters. The number of hydrogen-bond acceptors (Lipinski definition) is 3. The van der Waals surface area contributed by atoms with Crippen molar-refractivity contribution < 1.29 is 9.90 Å². The summed E-state index contributed by atoms with van der Waals surface area (Å²) in [4.78, 5) is 14.3. The van der Waals surface area contributed by atoms with Crippen molar-refractivity contribution in [3.8, 4) is 17.0 Å². The fraction of sp³-hybridized carbons (Fsp3) is 0.158. The Labute approximate surface area is 139 Å². The maximum Gasteiger partial charge on any atom is 0.272 e. The number of aryl methyl sites for hydroxylation is 1. The maximum absolute atomic E-state index is 12.6. The molecule has 0 aliphatic carbocycles. The largest absolute Gasteiger partial charge is 0.507 e. The van der Waals surface area contributed by atoms with Gasteiger partial charge in [0, 0.05) is 18.2 Å². The minimum atomic E-state index is -0.220. The van der Waals surface area contributed by atoms with Crippen LogP contribution in [0.4, 0.5) is 0 Å². The van der Waals surface area contributed by atoms with E-state index < -0.39 is 0 Å². The van der Waals surface area contributed by atoms with Crippen LogP contribution < -0.4 is 0 Å². The molecule has 5 heteroatoms. The van der Waals surface area contributed by atoms with Gasteiger partial charge in [-0.2, -0.15) is 5.10 Å². The lowest BCUT2D eigenvalue weighted by atomic mass is 9.95. The van der Waals surface area contributed by atoms with Crippen LogP contribution in [0.2, 0.25) is 0 Å². The number of carbonyl (C=O) groups is 1. The monoisotopic (exact) mass is 319 g/mol. The van der Waals surface area contributed by atoms with Gasteiger partial charge in [0.1, 0.15) is 17.1 Å². The lowest BCUT2D eigenvalue weighted by Gasteiger charge is -2.22. The number of benzene rings is 2. The van der Waals surface area contributed by atoms with E-state index in [4.69, 9.17) is 0 Å². The van der Waals surface area contributed by atoms with E-state index in [1.807, 2.05) is 49.4 Å². The minimum absolute atomic E-state index is 0.0928. The third-order valence-electron chi connectivity index (χ3n) is 4.52. The number of nitrogens with one attached hydrogen (secondary N) is 1. The Bertz CT molecular complexity index is 931. The maximum atomic E-state index is 12.6. The van der Waals surface area contributed by atoms with Crippen LogP contribution in [0.15, 0.2) is 48.5 Å². The Hall–Kier alpha value is -3.08. The summed E-state index contributed by atoms with van der Waals surface area (Å²) in [5, 5.41) is 17.5. The SMILES string of the molecule is Cc1ccc(O)c(-c2n[nH]c3c2C(c2ccccc2)N(C)C3=O)c1. The smallest absolute Gasteiger partial charge is 0.272 e. The molecule has 3 aromatic rings. The lowest BCUT2D eigenvalue weighted by Crippen LogP contribution is -2.24. The molecule has 0 saturated carbocycles. The second-order valence-electron chi connectivity index (χ2n) is 6.11. The molecular weight excluding hydrogens is 302 g/mol. The number of phenols is 1. The van der Waals surface area contributed by atoms with Crippen LogP contribution in [0.1, 0.15) is 33.2 Å². The minimum Gasteiger partial charge on any atom is -0.507 e. The molecule has 2 heterocycles. The Kier molecular flexibility index (Phi) is 3.16. The number of aromatic nitrogens is 2. The number of nitrogens with zero attached hydrogens (tertiary/aromatic N) is 2.